The molecule has 10 nitrogen and oxygen atoms in total. The summed E-state index contributed by atoms with van der Waals surface area (Å²) in [6.07, 6.45) is -0.350. The van der Waals surface area contributed by atoms with Crippen molar-refractivity contribution in [3.63, 3.8) is 0 Å². The predicted molar refractivity (Wildman–Crippen MR) is 102 cm³/mol. The number of aryl methyl sites for hydroxylation is 1. The third-order valence-electron chi connectivity index (χ3n) is 4.19. The maximum absolute atomic E-state index is 12.6. The van der Waals surface area contributed by atoms with Gasteiger partial charge in [0.1, 0.15) is 5.60 Å². The second-order valence-electron chi connectivity index (χ2n) is 7.57. The number of piperazine rings is 1. The number of amides is 3. The summed E-state index contributed by atoms with van der Waals surface area (Å²) < 4.78 is 6.97. The monoisotopic (exact) mass is 387 g/mol. The highest BCUT2D eigenvalue weighted by molar-refractivity contribution is 5.89. The smallest absolute Gasteiger partial charge is 0.410 e. The first kappa shape index (κ1) is 19.6. The fourth-order valence-electron chi connectivity index (χ4n) is 2.81. The third kappa shape index (κ3) is 4.76. The topological polar surface area (TPSA) is 105 Å². The van der Waals surface area contributed by atoms with Gasteiger partial charge >= 0.3 is 12.1 Å². The summed E-state index contributed by atoms with van der Waals surface area (Å²) in [5.41, 5.74) is 0.871. The van der Waals surface area contributed by atoms with E-state index < -0.39 is 5.60 Å². The fourth-order valence-corrected chi connectivity index (χ4v) is 2.81. The van der Waals surface area contributed by atoms with Crippen molar-refractivity contribution in [1.82, 2.24) is 30.0 Å². The highest BCUT2D eigenvalue weighted by Gasteiger charge is 2.27. The van der Waals surface area contributed by atoms with Crippen molar-refractivity contribution in [3.05, 3.63) is 30.1 Å². The maximum Gasteiger partial charge on any atom is 0.410 e. The Kier molecular flexibility index (Phi) is 5.48. The zero-order chi connectivity index (χ0) is 20.3. The lowest BCUT2D eigenvalue weighted by Gasteiger charge is -2.35. The molecule has 150 valence electrons. The molecule has 2 aromatic rings. The number of anilines is 1. The van der Waals surface area contributed by atoms with Crippen molar-refractivity contribution in [1.29, 1.82) is 0 Å². The SMILES string of the molecule is Cc1nnnn1-c1cccc(NC(=O)N2CCN(C(=O)OC(C)(C)C)CC2)c1. The molecule has 1 aromatic carbocycles. The fraction of sp³-hybridized carbons (Fsp3) is 0.500. The van der Waals surface area contributed by atoms with Gasteiger partial charge in [0.25, 0.3) is 0 Å². The summed E-state index contributed by atoms with van der Waals surface area (Å²) in [7, 11) is 0. The van der Waals surface area contributed by atoms with Crippen molar-refractivity contribution >= 4 is 17.8 Å². The summed E-state index contributed by atoms with van der Waals surface area (Å²) >= 11 is 0. The second kappa shape index (κ2) is 7.83. The van der Waals surface area contributed by atoms with Crippen LogP contribution in [0.25, 0.3) is 5.69 Å². The van der Waals surface area contributed by atoms with E-state index >= 15 is 0 Å². The van der Waals surface area contributed by atoms with Gasteiger partial charge in [-0.1, -0.05) is 6.07 Å². The van der Waals surface area contributed by atoms with Gasteiger partial charge in [0.05, 0.1) is 5.69 Å². The Hall–Kier alpha value is -3.17. The van der Waals surface area contributed by atoms with Crippen LogP contribution in [0.3, 0.4) is 0 Å². The lowest BCUT2D eigenvalue weighted by Crippen LogP contribution is -2.52. The Morgan fingerprint density at radius 1 is 1.11 bits per heavy atom. The van der Waals surface area contributed by atoms with Crippen molar-refractivity contribution < 1.29 is 14.3 Å². The first-order chi connectivity index (χ1) is 13.2. The first-order valence-electron chi connectivity index (χ1n) is 9.12. The number of tetrazole rings is 1. The normalized spacial score (nSPS) is 14.7. The van der Waals surface area contributed by atoms with Crippen LogP contribution in [0.1, 0.15) is 26.6 Å². The molecule has 0 bridgehead atoms. The minimum Gasteiger partial charge on any atom is -0.444 e. The summed E-state index contributed by atoms with van der Waals surface area (Å²) in [6, 6.07) is 7.08. The molecular weight excluding hydrogens is 362 g/mol. The van der Waals surface area contributed by atoms with Crippen molar-refractivity contribution in [2.24, 2.45) is 0 Å². The molecule has 1 N–H and O–H groups in total. The Labute approximate surface area is 163 Å². The molecule has 3 rings (SSSR count). The Balaban J connectivity index is 1.57. The second-order valence-corrected chi connectivity index (χ2v) is 7.57. The molecule has 1 fully saturated rings. The van der Waals surface area contributed by atoms with Crippen molar-refractivity contribution in [2.45, 2.75) is 33.3 Å². The zero-order valence-corrected chi connectivity index (χ0v) is 16.5. The molecular formula is C18H25N7O3. The summed E-state index contributed by atoms with van der Waals surface area (Å²) in [6.45, 7) is 9.06. The Bertz CT molecular complexity index is 851. The van der Waals surface area contributed by atoms with Crippen LogP contribution in [-0.4, -0.2) is 73.9 Å². The number of nitrogens with zero attached hydrogens (tertiary/aromatic N) is 6. The molecule has 10 heteroatoms. The standard InChI is InChI=1S/C18H25N7O3/c1-13-20-21-22-25(13)15-7-5-6-14(12-15)19-16(26)23-8-10-24(11-9-23)17(27)28-18(2,3)4/h5-7,12H,8-11H2,1-4H3,(H,19,26). The molecule has 3 amide bonds. The molecule has 0 saturated carbocycles. The molecule has 0 spiro atoms. The van der Waals surface area contributed by atoms with Gasteiger partial charge in [0.15, 0.2) is 5.82 Å². The average Bonchev–Trinajstić information content (AvgIpc) is 3.06. The lowest BCUT2D eigenvalue weighted by molar-refractivity contribution is 0.0174. The quantitative estimate of drug-likeness (QED) is 0.845. The lowest BCUT2D eigenvalue weighted by atomic mass is 10.2. The Morgan fingerprint density at radius 3 is 2.39 bits per heavy atom. The molecule has 0 aliphatic carbocycles. The van der Waals surface area contributed by atoms with E-state index in [2.05, 4.69) is 20.8 Å². The van der Waals surface area contributed by atoms with Crippen molar-refractivity contribution in [2.75, 3.05) is 31.5 Å². The number of nitrogens with one attached hydrogen (secondary N) is 1. The Morgan fingerprint density at radius 2 is 1.79 bits per heavy atom. The van der Waals surface area contributed by atoms with Crippen LogP contribution in [0.2, 0.25) is 0 Å². The molecule has 0 radical (unpaired) electrons. The third-order valence-corrected chi connectivity index (χ3v) is 4.19. The van der Waals surface area contributed by atoms with Crippen LogP contribution in [0.5, 0.6) is 0 Å². The number of hydrogen-bond acceptors (Lipinski definition) is 6. The summed E-state index contributed by atoms with van der Waals surface area (Å²) in [5.74, 6) is 0.654. The van der Waals surface area contributed by atoms with E-state index in [1.807, 2.05) is 32.9 Å². The van der Waals surface area contributed by atoms with E-state index in [1.54, 1.807) is 33.5 Å². The van der Waals surface area contributed by atoms with Gasteiger partial charge in [-0.2, -0.15) is 4.68 Å². The zero-order valence-electron chi connectivity index (χ0n) is 16.5. The molecule has 1 aliphatic heterocycles. The number of rotatable bonds is 2. The van der Waals surface area contributed by atoms with E-state index in [0.29, 0.717) is 37.7 Å². The number of carbonyl (C=O) groups excluding carboxylic acids is 2. The predicted octanol–water partition coefficient (Wildman–Crippen LogP) is 2.06. The van der Waals surface area contributed by atoms with Gasteiger partial charge in [-0.3, -0.25) is 0 Å². The van der Waals surface area contributed by atoms with E-state index in [1.165, 1.54) is 0 Å². The average molecular weight is 387 g/mol. The number of urea groups is 1. The van der Waals surface area contributed by atoms with E-state index in [4.69, 9.17) is 4.74 Å². The van der Waals surface area contributed by atoms with E-state index in [0.717, 1.165) is 5.69 Å². The van der Waals surface area contributed by atoms with E-state index in [-0.39, 0.29) is 12.1 Å². The van der Waals surface area contributed by atoms with Crippen molar-refractivity contribution in [3.8, 4) is 5.69 Å². The van der Waals surface area contributed by atoms with Gasteiger partial charge < -0.3 is 19.9 Å². The van der Waals surface area contributed by atoms with Crippen LogP contribution in [0, 0.1) is 6.92 Å². The molecule has 28 heavy (non-hydrogen) atoms. The molecule has 1 aliphatic rings. The van der Waals surface area contributed by atoms with Gasteiger partial charge in [0, 0.05) is 31.9 Å². The minimum atomic E-state index is -0.533. The van der Waals surface area contributed by atoms with Crippen LogP contribution >= 0.6 is 0 Å². The number of ether oxygens (including phenoxy) is 1. The molecule has 1 saturated heterocycles. The molecule has 1 aromatic heterocycles. The van der Waals surface area contributed by atoms with Gasteiger partial charge in [-0.15, -0.1) is 5.10 Å². The number of carbonyl (C=O) groups is 2. The molecule has 0 atom stereocenters. The summed E-state index contributed by atoms with van der Waals surface area (Å²) in [5, 5.41) is 14.3. The van der Waals surface area contributed by atoms with Crippen LogP contribution in [0.4, 0.5) is 15.3 Å². The van der Waals surface area contributed by atoms with Crippen LogP contribution in [0.15, 0.2) is 24.3 Å². The number of aromatic nitrogens is 4. The first-order valence-corrected chi connectivity index (χ1v) is 9.12. The molecule has 2 heterocycles. The minimum absolute atomic E-state index is 0.213. The van der Waals surface area contributed by atoms with Gasteiger partial charge in [-0.05, 0) is 56.3 Å². The highest BCUT2D eigenvalue weighted by Crippen LogP contribution is 2.16. The largest absolute Gasteiger partial charge is 0.444 e. The van der Waals surface area contributed by atoms with Gasteiger partial charge in [-0.25, -0.2) is 9.59 Å². The van der Waals surface area contributed by atoms with E-state index in [9.17, 15) is 9.59 Å². The number of benzene rings is 1. The highest BCUT2D eigenvalue weighted by atomic mass is 16.6. The van der Waals surface area contributed by atoms with Crippen LogP contribution in [-0.2, 0) is 4.74 Å². The van der Waals surface area contributed by atoms with Gasteiger partial charge in [0.2, 0.25) is 0 Å². The maximum atomic E-state index is 12.6. The molecule has 0 unspecified atom stereocenters. The number of hydrogen-bond donors (Lipinski definition) is 1. The summed E-state index contributed by atoms with van der Waals surface area (Å²) in [4.78, 5) is 28.0. The van der Waals surface area contributed by atoms with Crippen LogP contribution < -0.4 is 5.32 Å².